The largest absolute Gasteiger partial charge is 0.506 e. The zero-order valence-electron chi connectivity index (χ0n) is 10.9. The van der Waals surface area contributed by atoms with Gasteiger partial charge in [-0.05, 0) is 34.5 Å². The molecule has 1 atom stereocenters. The maximum atomic E-state index is 12.9. The summed E-state index contributed by atoms with van der Waals surface area (Å²) in [6.45, 7) is 3.15. The smallest absolute Gasteiger partial charge is 0.134 e. The van der Waals surface area contributed by atoms with E-state index in [1.54, 1.807) is 6.07 Å². The molecule has 0 saturated carbocycles. The summed E-state index contributed by atoms with van der Waals surface area (Å²) < 4.78 is 14.4. The number of piperazine rings is 1. The second-order valence-corrected chi connectivity index (χ2v) is 6.37. The first-order valence-electron chi connectivity index (χ1n) is 6.32. The molecule has 1 aromatic rings. The first-order chi connectivity index (χ1) is 9.13. The van der Waals surface area contributed by atoms with Crippen molar-refractivity contribution < 1.29 is 9.50 Å². The zero-order chi connectivity index (χ0) is 13.8. The number of hydrogen-bond donors (Lipinski definition) is 2. The number of nitrogens with zero attached hydrogens (tertiary/aromatic N) is 1. The van der Waals surface area contributed by atoms with E-state index >= 15 is 0 Å². The maximum Gasteiger partial charge on any atom is 0.134 e. The van der Waals surface area contributed by atoms with Crippen molar-refractivity contribution in [2.45, 2.75) is 12.5 Å². The Morgan fingerprint density at radius 2 is 1.95 bits per heavy atom. The van der Waals surface area contributed by atoms with Crippen LogP contribution in [0.25, 0.3) is 0 Å². The van der Waals surface area contributed by atoms with Gasteiger partial charge in [0.1, 0.15) is 5.75 Å². The van der Waals surface area contributed by atoms with Crippen molar-refractivity contribution in [3.05, 3.63) is 26.6 Å². The second-order valence-electron chi connectivity index (χ2n) is 4.60. The number of halogens is 4. The number of benzene rings is 1. The van der Waals surface area contributed by atoms with E-state index in [1.165, 1.54) is 0 Å². The molecule has 114 valence electrons. The van der Waals surface area contributed by atoms with E-state index in [-0.39, 0.29) is 24.2 Å². The van der Waals surface area contributed by atoms with E-state index in [1.807, 2.05) is 6.07 Å². The Bertz CT molecular complexity index is 445. The Morgan fingerprint density at radius 3 is 2.55 bits per heavy atom. The van der Waals surface area contributed by atoms with Crippen LogP contribution in [0, 0.1) is 0 Å². The van der Waals surface area contributed by atoms with Gasteiger partial charge in [-0.25, -0.2) is 0 Å². The molecule has 0 aliphatic carbocycles. The lowest BCUT2D eigenvalue weighted by atomic mass is 10.0. The molecule has 1 fully saturated rings. The van der Waals surface area contributed by atoms with Crippen LogP contribution in [0.3, 0.4) is 0 Å². The van der Waals surface area contributed by atoms with Gasteiger partial charge in [0.2, 0.25) is 0 Å². The molecular weight excluding hydrogens is 414 g/mol. The number of phenolic OH excluding ortho intramolecular Hbond substituents is 1. The summed E-state index contributed by atoms with van der Waals surface area (Å²) in [7, 11) is 0. The topological polar surface area (TPSA) is 35.5 Å². The molecule has 0 bridgehead atoms. The van der Waals surface area contributed by atoms with Gasteiger partial charge in [0.25, 0.3) is 0 Å². The summed E-state index contributed by atoms with van der Waals surface area (Å²) in [5.41, 5.74) is 0.779. The highest BCUT2D eigenvalue weighted by Gasteiger charge is 2.25. The first-order valence-corrected chi connectivity index (χ1v) is 7.90. The Kier molecular flexibility index (Phi) is 7.75. The van der Waals surface area contributed by atoms with E-state index in [2.05, 4.69) is 42.1 Å². The SMILES string of the molecule is Cl.Oc1c(Br)cc(Br)cc1[C@@H](CCF)N1CCNCC1. The van der Waals surface area contributed by atoms with Crippen molar-refractivity contribution >= 4 is 44.3 Å². The zero-order valence-corrected chi connectivity index (χ0v) is 14.9. The average Bonchev–Trinajstić information content (AvgIpc) is 2.41. The minimum Gasteiger partial charge on any atom is -0.506 e. The number of hydrogen-bond acceptors (Lipinski definition) is 3. The molecule has 0 aromatic heterocycles. The summed E-state index contributed by atoms with van der Waals surface area (Å²) in [6.07, 6.45) is 0.399. The lowest BCUT2D eigenvalue weighted by Crippen LogP contribution is -2.45. The van der Waals surface area contributed by atoms with E-state index in [0.717, 1.165) is 36.2 Å². The van der Waals surface area contributed by atoms with Gasteiger partial charge in [-0.2, -0.15) is 0 Å². The van der Waals surface area contributed by atoms with Gasteiger partial charge in [0.05, 0.1) is 11.1 Å². The summed E-state index contributed by atoms with van der Waals surface area (Å²) in [4.78, 5) is 2.23. The number of phenols is 1. The third-order valence-electron chi connectivity index (χ3n) is 3.39. The van der Waals surface area contributed by atoms with Gasteiger partial charge < -0.3 is 10.4 Å². The molecule has 0 unspecified atom stereocenters. The van der Waals surface area contributed by atoms with Crippen LogP contribution in [0.2, 0.25) is 0 Å². The Balaban J connectivity index is 0.00000200. The normalized spacial score (nSPS) is 17.6. The molecule has 20 heavy (non-hydrogen) atoms. The average molecular weight is 433 g/mol. The highest BCUT2D eigenvalue weighted by atomic mass is 79.9. The lowest BCUT2D eigenvalue weighted by molar-refractivity contribution is 0.155. The third kappa shape index (κ3) is 4.31. The van der Waals surface area contributed by atoms with Crippen LogP contribution in [-0.4, -0.2) is 42.9 Å². The van der Waals surface area contributed by atoms with Crippen LogP contribution in [0.4, 0.5) is 4.39 Å². The predicted octanol–water partition coefficient (Wildman–Crippen LogP) is 3.64. The summed E-state index contributed by atoms with van der Waals surface area (Å²) >= 11 is 6.76. The molecular formula is C13H18Br2ClFN2O. The van der Waals surface area contributed by atoms with Crippen molar-refractivity contribution in [2.75, 3.05) is 32.9 Å². The van der Waals surface area contributed by atoms with Crippen molar-refractivity contribution in [3.63, 3.8) is 0 Å². The molecule has 2 rings (SSSR count). The van der Waals surface area contributed by atoms with E-state index in [4.69, 9.17) is 0 Å². The van der Waals surface area contributed by atoms with Crippen molar-refractivity contribution in [3.8, 4) is 5.75 Å². The van der Waals surface area contributed by atoms with Crippen LogP contribution >= 0.6 is 44.3 Å². The molecule has 3 nitrogen and oxygen atoms in total. The van der Waals surface area contributed by atoms with Crippen molar-refractivity contribution in [2.24, 2.45) is 0 Å². The highest BCUT2D eigenvalue weighted by molar-refractivity contribution is 9.11. The van der Waals surface area contributed by atoms with Gasteiger partial charge >= 0.3 is 0 Å². The second kappa shape index (κ2) is 8.54. The molecule has 1 aliphatic rings. The summed E-state index contributed by atoms with van der Waals surface area (Å²) in [5.74, 6) is 0.209. The molecule has 0 amide bonds. The fraction of sp³-hybridized carbons (Fsp3) is 0.538. The molecule has 2 N–H and O–H groups in total. The Labute approximate surface area is 141 Å². The van der Waals surface area contributed by atoms with Gasteiger partial charge in [-0.1, -0.05) is 15.9 Å². The van der Waals surface area contributed by atoms with Gasteiger partial charge in [0.15, 0.2) is 0 Å². The molecule has 1 aliphatic heterocycles. The minimum atomic E-state index is -0.391. The molecule has 7 heteroatoms. The van der Waals surface area contributed by atoms with Crippen molar-refractivity contribution in [1.29, 1.82) is 0 Å². The summed E-state index contributed by atoms with van der Waals surface area (Å²) in [6, 6.07) is 3.59. The summed E-state index contributed by atoms with van der Waals surface area (Å²) in [5, 5.41) is 13.5. The molecule has 1 saturated heterocycles. The van der Waals surface area contributed by atoms with E-state index < -0.39 is 6.67 Å². The number of nitrogens with one attached hydrogen (secondary N) is 1. The fourth-order valence-electron chi connectivity index (χ4n) is 2.47. The molecule has 1 aromatic carbocycles. The van der Waals surface area contributed by atoms with Gasteiger partial charge in [-0.15, -0.1) is 12.4 Å². The predicted molar refractivity (Wildman–Crippen MR) is 88.5 cm³/mol. The number of alkyl halides is 1. The first kappa shape index (κ1) is 18.2. The van der Waals surface area contributed by atoms with Crippen LogP contribution < -0.4 is 5.32 Å². The number of aromatic hydroxyl groups is 1. The van der Waals surface area contributed by atoms with Gasteiger partial charge in [-0.3, -0.25) is 9.29 Å². The minimum absolute atomic E-state index is 0. The van der Waals surface area contributed by atoms with Crippen molar-refractivity contribution in [1.82, 2.24) is 10.2 Å². The molecule has 1 heterocycles. The highest BCUT2D eigenvalue weighted by Crippen LogP contribution is 2.38. The van der Waals surface area contributed by atoms with Crippen LogP contribution in [0.15, 0.2) is 21.1 Å². The van der Waals surface area contributed by atoms with Crippen LogP contribution in [0.1, 0.15) is 18.0 Å². The fourth-order valence-corrected chi connectivity index (χ4v) is 3.73. The van der Waals surface area contributed by atoms with Crippen LogP contribution in [-0.2, 0) is 0 Å². The van der Waals surface area contributed by atoms with E-state index in [0.29, 0.717) is 10.9 Å². The Morgan fingerprint density at radius 1 is 1.30 bits per heavy atom. The van der Waals surface area contributed by atoms with E-state index in [9.17, 15) is 9.50 Å². The monoisotopic (exact) mass is 430 g/mol. The van der Waals surface area contributed by atoms with Gasteiger partial charge in [0, 0.05) is 42.3 Å². The Hall–Kier alpha value is 0.120. The quantitative estimate of drug-likeness (QED) is 0.763. The van der Waals surface area contributed by atoms with Crippen LogP contribution in [0.5, 0.6) is 5.75 Å². The number of rotatable bonds is 4. The molecule has 0 radical (unpaired) electrons. The molecule has 0 spiro atoms. The standard InChI is InChI=1S/C13H17Br2FN2O.ClH/c14-9-7-10(13(19)11(15)8-9)12(1-2-16)18-5-3-17-4-6-18;/h7-8,12,17,19H,1-6H2;1H/t12-;/m1./s1. The third-order valence-corrected chi connectivity index (χ3v) is 4.45. The maximum absolute atomic E-state index is 12.9. The lowest BCUT2D eigenvalue weighted by Gasteiger charge is -2.35.